The minimum atomic E-state index is -3.28. The van der Waals surface area contributed by atoms with Gasteiger partial charge in [-0.25, -0.2) is 8.42 Å². The van der Waals surface area contributed by atoms with Crippen LogP contribution in [0.25, 0.3) is 0 Å². The van der Waals surface area contributed by atoms with Crippen LogP contribution in [0.3, 0.4) is 0 Å². The molecule has 0 amide bonds. The molecule has 0 aromatic heterocycles. The summed E-state index contributed by atoms with van der Waals surface area (Å²) in [6.07, 6.45) is 1.41. The average molecular weight is 301 g/mol. The second kappa shape index (κ2) is 5.83. The van der Waals surface area contributed by atoms with Crippen molar-refractivity contribution in [2.75, 3.05) is 6.26 Å². The highest BCUT2D eigenvalue weighted by molar-refractivity contribution is 7.88. The van der Waals surface area contributed by atoms with Crippen LogP contribution in [-0.4, -0.2) is 36.5 Å². The maximum Gasteiger partial charge on any atom is 0.213 e. The van der Waals surface area contributed by atoms with E-state index in [2.05, 4.69) is 12.6 Å². The summed E-state index contributed by atoms with van der Waals surface area (Å²) in [6.45, 7) is 2.27. The zero-order chi connectivity index (χ0) is 14.0. The molecule has 2 rings (SSSR count). The molecule has 1 aromatic rings. The highest BCUT2D eigenvalue weighted by atomic mass is 32.2. The highest BCUT2D eigenvalue weighted by Crippen LogP contribution is 2.31. The third kappa shape index (κ3) is 3.51. The molecule has 1 aliphatic rings. The zero-order valence-corrected chi connectivity index (χ0v) is 12.8. The second-order valence-corrected chi connectivity index (χ2v) is 7.44. The van der Waals surface area contributed by atoms with E-state index >= 15 is 0 Å². The molecule has 0 radical (unpaired) electrons. The number of hydrogen-bond donors (Lipinski definition) is 1. The van der Waals surface area contributed by atoms with Crippen molar-refractivity contribution in [1.82, 2.24) is 4.31 Å². The Morgan fingerprint density at radius 2 is 2.00 bits per heavy atom. The van der Waals surface area contributed by atoms with Gasteiger partial charge in [0.1, 0.15) is 6.23 Å². The van der Waals surface area contributed by atoms with Crippen molar-refractivity contribution in [1.29, 1.82) is 0 Å². The summed E-state index contributed by atoms with van der Waals surface area (Å²) in [4.78, 5) is 0. The Morgan fingerprint density at radius 1 is 1.37 bits per heavy atom. The number of ether oxygens (including phenoxy) is 1. The fourth-order valence-electron chi connectivity index (χ4n) is 2.36. The molecule has 1 saturated heterocycles. The lowest BCUT2D eigenvalue weighted by atomic mass is 10.2. The second-order valence-electron chi connectivity index (χ2n) is 4.89. The van der Waals surface area contributed by atoms with Crippen molar-refractivity contribution in [3.63, 3.8) is 0 Å². The van der Waals surface area contributed by atoms with Crippen LogP contribution in [0, 0.1) is 0 Å². The molecule has 0 bridgehead atoms. The molecule has 0 N–H and O–H groups in total. The monoisotopic (exact) mass is 301 g/mol. The molecular weight excluding hydrogens is 282 g/mol. The Morgan fingerprint density at radius 3 is 2.58 bits per heavy atom. The van der Waals surface area contributed by atoms with E-state index in [0.29, 0.717) is 13.0 Å². The molecule has 1 aromatic carbocycles. The Bertz CT molecular complexity index is 518. The van der Waals surface area contributed by atoms with Crippen LogP contribution >= 0.6 is 12.6 Å². The van der Waals surface area contributed by atoms with Gasteiger partial charge in [-0.1, -0.05) is 30.3 Å². The number of rotatable bonds is 4. The molecule has 0 spiro atoms. The van der Waals surface area contributed by atoms with Gasteiger partial charge in [-0.2, -0.15) is 16.9 Å². The van der Waals surface area contributed by atoms with Crippen molar-refractivity contribution in [2.45, 2.75) is 37.5 Å². The van der Waals surface area contributed by atoms with Crippen molar-refractivity contribution in [3.8, 4) is 0 Å². The fraction of sp³-hybridized carbons (Fsp3) is 0.538. The number of nitrogens with zero attached hydrogens (tertiary/aromatic N) is 1. The van der Waals surface area contributed by atoms with E-state index in [9.17, 15) is 8.42 Å². The molecule has 1 aliphatic heterocycles. The molecule has 106 valence electrons. The zero-order valence-electron chi connectivity index (χ0n) is 11.1. The Kier molecular flexibility index (Phi) is 4.55. The fourth-order valence-corrected chi connectivity index (χ4v) is 4.10. The van der Waals surface area contributed by atoms with Crippen molar-refractivity contribution < 1.29 is 13.2 Å². The lowest BCUT2D eigenvalue weighted by Crippen LogP contribution is -2.41. The molecule has 19 heavy (non-hydrogen) atoms. The maximum atomic E-state index is 11.8. The molecule has 0 saturated carbocycles. The number of sulfonamides is 1. The van der Waals surface area contributed by atoms with Crippen LogP contribution in [0.5, 0.6) is 0 Å². The lowest BCUT2D eigenvalue weighted by molar-refractivity contribution is -0.0158. The predicted octanol–water partition coefficient (Wildman–Crippen LogP) is 1.88. The molecule has 6 heteroatoms. The maximum absolute atomic E-state index is 11.8. The topological polar surface area (TPSA) is 46.6 Å². The molecule has 1 unspecified atom stereocenters. The Hall–Kier alpha value is -0.560. The molecule has 4 nitrogen and oxygen atoms in total. The van der Waals surface area contributed by atoms with Crippen molar-refractivity contribution >= 4 is 22.7 Å². The first-order valence-corrected chi connectivity index (χ1v) is 8.58. The summed E-state index contributed by atoms with van der Waals surface area (Å²) < 4.78 is 30.8. The molecular formula is C13H19NO3S2. The van der Waals surface area contributed by atoms with Gasteiger partial charge in [0.15, 0.2) is 0 Å². The first-order chi connectivity index (χ1) is 8.89. The highest BCUT2D eigenvalue weighted by Gasteiger charge is 2.42. The van der Waals surface area contributed by atoms with Gasteiger partial charge in [-0.15, -0.1) is 0 Å². The molecule has 1 fully saturated rings. The predicted molar refractivity (Wildman–Crippen MR) is 78.6 cm³/mol. The summed E-state index contributed by atoms with van der Waals surface area (Å²) in [5, 5.41) is 0.00972. The van der Waals surface area contributed by atoms with E-state index in [1.807, 2.05) is 37.3 Å². The van der Waals surface area contributed by atoms with Crippen LogP contribution < -0.4 is 0 Å². The third-order valence-electron chi connectivity index (χ3n) is 3.35. The largest absolute Gasteiger partial charge is 0.357 e. The van der Waals surface area contributed by atoms with E-state index in [1.165, 1.54) is 10.6 Å². The van der Waals surface area contributed by atoms with Gasteiger partial charge in [0.2, 0.25) is 10.0 Å². The SMILES string of the molecule is CC1[C@H](S)C[C@H](OCc2ccccc2)N1S(C)(=O)=O. The molecule has 1 heterocycles. The van der Waals surface area contributed by atoms with Gasteiger partial charge in [0.25, 0.3) is 0 Å². The van der Waals surface area contributed by atoms with Gasteiger partial charge in [-0.3, -0.25) is 0 Å². The van der Waals surface area contributed by atoms with Crippen LogP contribution in [0.4, 0.5) is 0 Å². The minimum absolute atomic E-state index is 0.00972. The summed E-state index contributed by atoms with van der Waals surface area (Å²) in [5.74, 6) is 0. The van der Waals surface area contributed by atoms with E-state index < -0.39 is 16.3 Å². The van der Waals surface area contributed by atoms with Crippen molar-refractivity contribution in [3.05, 3.63) is 35.9 Å². The number of thiol groups is 1. The van der Waals surface area contributed by atoms with E-state index in [1.54, 1.807) is 0 Å². The smallest absolute Gasteiger partial charge is 0.213 e. The summed E-state index contributed by atoms with van der Waals surface area (Å²) in [5.41, 5.74) is 1.03. The summed E-state index contributed by atoms with van der Waals surface area (Å²) in [7, 11) is -3.28. The van der Waals surface area contributed by atoms with Gasteiger partial charge in [0.05, 0.1) is 12.9 Å². The number of benzene rings is 1. The van der Waals surface area contributed by atoms with Crippen LogP contribution in [0.15, 0.2) is 30.3 Å². The third-order valence-corrected chi connectivity index (χ3v) is 5.33. The van der Waals surface area contributed by atoms with E-state index in [-0.39, 0.29) is 11.3 Å². The molecule has 3 atom stereocenters. The lowest BCUT2D eigenvalue weighted by Gasteiger charge is -2.26. The van der Waals surface area contributed by atoms with Gasteiger partial charge >= 0.3 is 0 Å². The van der Waals surface area contributed by atoms with Gasteiger partial charge in [0, 0.05) is 17.7 Å². The average Bonchev–Trinajstić information content (AvgIpc) is 2.63. The Balaban J connectivity index is 2.07. The normalized spacial score (nSPS) is 28.7. The van der Waals surface area contributed by atoms with E-state index in [4.69, 9.17) is 4.74 Å². The Labute approximate surface area is 120 Å². The first-order valence-electron chi connectivity index (χ1n) is 6.21. The standard InChI is InChI=1S/C13H19NO3S2/c1-10-12(18)8-13(14(10)19(2,15)16)17-9-11-6-4-3-5-7-11/h3-7,10,12-13,18H,8-9H2,1-2H3/t10?,12-,13+/m1/s1. The minimum Gasteiger partial charge on any atom is -0.357 e. The summed E-state index contributed by atoms with van der Waals surface area (Å²) >= 11 is 4.43. The molecule has 0 aliphatic carbocycles. The van der Waals surface area contributed by atoms with Crippen LogP contribution in [0.2, 0.25) is 0 Å². The van der Waals surface area contributed by atoms with Crippen molar-refractivity contribution in [2.24, 2.45) is 0 Å². The van der Waals surface area contributed by atoms with E-state index in [0.717, 1.165) is 5.56 Å². The quantitative estimate of drug-likeness (QED) is 0.864. The van der Waals surface area contributed by atoms with Crippen LogP contribution in [-0.2, 0) is 21.4 Å². The number of hydrogen-bond acceptors (Lipinski definition) is 4. The van der Waals surface area contributed by atoms with Gasteiger partial charge in [-0.05, 0) is 12.5 Å². The first kappa shape index (κ1) is 14.8. The summed E-state index contributed by atoms with van der Waals surface area (Å²) in [6, 6.07) is 9.59. The van der Waals surface area contributed by atoms with Gasteiger partial charge < -0.3 is 4.74 Å². The van der Waals surface area contributed by atoms with Crippen LogP contribution in [0.1, 0.15) is 18.9 Å².